The molecule has 0 aromatic carbocycles. The molecule has 84 valence electrons. The lowest BCUT2D eigenvalue weighted by Crippen LogP contribution is -2.23. The first-order valence-electron chi connectivity index (χ1n) is 5.11. The first kappa shape index (κ1) is 10.7. The van der Waals surface area contributed by atoms with Crippen LogP contribution in [-0.2, 0) is 0 Å². The van der Waals surface area contributed by atoms with Crippen molar-refractivity contribution in [1.29, 1.82) is 0 Å². The van der Waals surface area contributed by atoms with Gasteiger partial charge in [0, 0.05) is 6.20 Å². The Morgan fingerprint density at radius 2 is 2.19 bits per heavy atom. The fourth-order valence-corrected chi connectivity index (χ4v) is 1.51. The molecule has 2 aromatic heterocycles. The molecule has 0 aliphatic carbocycles. The molecule has 1 N–H and O–H groups in total. The number of aromatic amines is 1. The summed E-state index contributed by atoms with van der Waals surface area (Å²) >= 11 is 0. The highest BCUT2D eigenvalue weighted by atomic mass is 16.5. The van der Waals surface area contributed by atoms with Crippen LogP contribution in [0.1, 0.15) is 31.3 Å². The third-order valence-corrected chi connectivity index (χ3v) is 2.06. The number of hydrogen-bond acceptors (Lipinski definition) is 3. The standard InChI is InChI=1S/C12H14N2O2/c1-12(2,3)16-10-4-5-13-11-9(10)6-8(7-15)14-11/h4-7H,1-3H3,(H,13,14). The first-order valence-corrected chi connectivity index (χ1v) is 5.11. The van der Waals surface area contributed by atoms with Crippen molar-refractivity contribution in [3.05, 3.63) is 24.0 Å². The summed E-state index contributed by atoms with van der Waals surface area (Å²) in [5, 5.41) is 0.833. The molecule has 0 spiro atoms. The molecule has 2 aromatic rings. The van der Waals surface area contributed by atoms with Gasteiger partial charge in [0.1, 0.15) is 17.0 Å². The number of carbonyl (C=O) groups is 1. The van der Waals surface area contributed by atoms with Crippen LogP contribution in [0.2, 0.25) is 0 Å². The normalized spacial score (nSPS) is 11.7. The summed E-state index contributed by atoms with van der Waals surface area (Å²) in [5.74, 6) is 0.738. The second kappa shape index (κ2) is 3.63. The predicted molar refractivity (Wildman–Crippen MR) is 61.9 cm³/mol. The molecule has 0 aliphatic rings. The molecular formula is C12H14N2O2. The fraction of sp³-hybridized carbons (Fsp3) is 0.333. The summed E-state index contributed by atoms with van der Waals surface area (Å²) < 4.78 is 5.80. The van der Waals surface area contributed by atoms with Crippen LogP contribution in [-0.4, -0.2) is 21.9 Å². The lowest BCUT2D eigenvalue weighted by molar-refractivity contribution is 0.111. The van der Waals surface area contributed by atoms with Crippen LogP contribution < -0.4 is 4.74 Å². The molecule has 0 unspecified atom stereocenters. The van der Waals surface area contributed by atoms with Crippen LogP contribution in [0, 0.1) is 0 Å². The van der Waals surface area contributed by atoms with Crippen molar-refractivity contribution in [2.24, 2.45) is 0 Å². The topological polar surface area (TPSA) is 55.0 Å². The van der Waals surface area contributed by atoms with Gasteiger partial charge in [-0.2, -0.15) is 0 Å². The zero-order valence-corrected chi connectivity index (χ0v) is 9.57. The minimum absolute atomic E-state index is 0.271. The van der Waals surface area contributed by atoms with E-state index in [0.29, 0.717) is 11.3 Å². The van der Waals surface area contributed by atoms with Gasteiger partial charge in [-0.1, -0.05) is 0 Å². The Morgan fingerprint density at radius 1 is 1.44 bits per heavy atom. The van der Waals surface area contributed by atoms with Gasteiger partial charge in [-0.3, -0.25) is 4.79 Å². The summed E-state index contributed by atoms with van der Waals surface area (Å²) in [6.45, 7) is 5.94. The van der Waals surface area contributed by atoms with Crippen molar-refractivity contribution < 1.29 is 9.53 Å². The number of carbonyl (C=O) groups excluding carboxylic acids is 1. The largest absolute Gasteiger partial charge is 0.487 e. The molecule has 0 radical (unpaired) electrons. The summed E-state index contributed by atoms with van der Waals surface area (Å²) in [4.78, 5) is 17.7. The molecule has 0 amide bonds. The Labute approximate surface area is 93.6 Å². The van der Waals surface area contributed by atoms with Crippen molar-refractivity contribution in [2.45, 2.75) is 26.4 Å². The van der Waals surface area contributed by atoms with E-state index in [0.717, 1.165) is 17.4 Å². The van der Waals surface area contributed by atoms with Crippen molar-refractivity contribution in [3.63, 3.8) is 0 Å². The number of H-pyrrole nitrogens is 1. The summed E-state index contributed by atoms with van der Waals surface area (Å²) in [6.07, 6.45) is 2.43. The number of aldehydes is 1. The average molecular weight is 218 g/mol. The number of aromatic nitrogens is 2. The van der Waals surface area contributed by atoms with Gasteiger partial charge in [-0.15, -0.1) is 0 Å². The highest BCUT2D eigenvalue weighted by Crippen LogP contribution is 2.27. The van der Waals surface area contributed by atoms with Crippen LogP contribution in [0.3, 0.4) is 0 Å². The number of nitrogens with zero attached hydrogens (tertiary/aromatic N) is 1. The van der Waals surface area contributed by atoms with E-state index < -0.39 is 0 Å². The number of nitrogens with one attached hydrogen (secondary N) is 1. The van der Waals surface area contributed by atoms with Crippen molar-refractivity contribution >= 4 is 17.3 Å². The summed E-state index contributed by atoms with van der Waals surface area (Å²) in [5.41, 5.74) is 0.906. The Bertz CT molecular complexity index is 523. The Balaban J connectivity index is 2.52. The van der Waals surface area contributed by atoms with Crippen molar-refractivity contribution in [2.75, 3.05) is 0 Å². The van der Waals surface area contributed by atoms with E-state index in [1.54, 1.807) is 18.3 Å². The minimum atomic E-state index is -0.271. The zero-order valence-electron chi connectivity index (χ0n) is 9.57. The van der Waals surface area contributed by atoms with E-state index in [-0.39, 0.29) is 5.60 Å². The lowest BCUT2D eigenvalue weighted by atomic mass is 10.2. The van der Waals surface area contributed by atoms with E-state index in [9.17, 15) is 4.79 Å². The summed E-state index contributed by atoms with van der Waals surface area (Å²) in [6, 6.07) is 3.55. The number of fused-ring (bicyclic) bond motifs is 1. The number of rotatable bonds is 2. The predicted octanol–water partition coefficient (Wildman–Crippen LogP) is 2.55. The number of pyridine rings is 1. The third kappa shape index (κ3) is 2.05. The van der Waals surface area contributed by atoms with Crippen molar-refractivity contribution in [3.8, 4) is 5.75 Å². The number of ether oxygens (including phenoxy) is 1. The average Bonchev–Trinajstić information content (AvgIpc) is 2.59. The maximum atomic E-state index is 10.7. The minimum Gasteiger partial charge on any atom is -0.487 e. The van der Waals surface area contributed by atoms with Gasteiger partial charge in [-0.25, -0.2) is 4.98 Å². The molecule has 0 bridgehead atoms. The van der Waals surface area contributed by atoms with E-state index in [4.69, 9.17) is 4.74 Å². The molecule has 0 fully saturated rings. The molecular weight excluding hydrogens is 204 g/mol. The molecule has 16 heavy (non-hydrogen) atoms. The Kier molecular flexibility index (Phi) is 2.42. The van der Waals surface area contributed by atoms with E-state index in [1.807, 2.05) is 20.8 Å². The van der Waals surface area contributed by atoms with E-state index >= 15 is 0 Å². The summed E-state index contributed by atoms with van der Waals surface area (Å²) in [7, 11) is 0. The van der Waals surface area contributed by atoms with Gasteiger partial charge in [0.05, 0.1) is 11.1 Å². The van der Waals surface area contributed by atoms with Crippen LogP contribution in [0.15, 0.2) is 18.3 Å². The van der Waals surface area contributed by atoms with Crippen LogP contribution >= 0.6 is 0 Å². The second-order valence-electron chi connectivity index (χ2n) is 4.63. The zero-order chi connectivity index (χ0) is 11.8. The van der Waals surface area contributed by atoms with Gasteiger partial charge in [0.25, 0.3) is 0 Å². The van der Waals surface area contributed by atoms with E-state index in [1.165, 1.54) is 0 Å². The van der Waals surface area contributed by atoms with Gasteiger partial charge in [-0.05, 0) is 32.9 Å². The van der Waals surface area contributed by atoms with E-state index in [2.05, 4.69) is 9.97 Å². The molecule has 4 nitrogen and oxygen atoms in total. The maximum Gasteiger partial charge on any atom is 0.166 e. The van der Waals surface area contributed by atoms with Gasteiger partial charge in [0.2, 0.25) is 0 Å². The molecule has 0 aliphatic heterocycles. The SMILES string of the molecule is CC(C)(C)Oc1ccnc2[nH]c(C=O)cc12. The fourth-order valence-electron chi connectivity index (χ4n) is 1.51. The maximum absolute atomic E-state index is 10.7. The number of hydrogen-bond donors (Lipinski definition) is 1. The Morgan fingerprint density at radius 3 is 2.81 bits per heavy atom. The second-order valence-corrected chi connectivity index (χ2v) is 4.63. The molecule has 2 rings (SSSR count). The van der Waals surface area contributed by atoms with Crippen LogP contribution in [0.4, 0.5) is 0 Å². The smallest absolute Gasteiger partial charge is 0.166 e. The van der Waals surface area contributed by atoms with Gasteiger partial charge >= 0.3 is 0 Å². The van der Waals surface area contributed by atoms with Crippen LogP contribution in [0.5, 0.6) is 5.75 Å². The molecule has 4 heteroatoms. The molecule has 0 saturated heterocycles. The highest BCUT2D eigenvalue weighted by Gasteiger charge is 2.15. The van der Waals surface area contributed by atoms with Crippen molar-refractivity contribution in [1.82, 2.24) is 9.97 Å². The first-order chi connectivity index (χ1) is 7.49. The van der Waals surface area contributed by atoms with Gasteiger partial charge in [0.15, 0.2) is 6.29 Å². The molecule has 2 heterocycles. The van der Waals surface area contributed by atoms with Crippen LogP contribution in [0.25, 0.3) is 11.0 Å². The quantitative estimate of drug-likeness (QED) is 0.788. The van der Waals surface area contributed by atoms with Gasteiger partial charge < -0.3 is 9.72 Å². The monoisotopic (exact) mass is 218 g/mol. The molecule has 0 saturated carbocycles. The third-order valence-electron chi connectivity index (χ3n) is 2.06. The Hall–Kier alpha value is -1.84. The highest BCUT2D eigenvalue weighted by molar-refractivity contribution is 5.89. The molecule has 0 atom stereocenters. The lowest BCUT2D eigenvalue weighted by Gasteiger charge is -2.21.